The maximum absolute atomic E-state index is 13.5. The second-order valence-electron chi connectivity index (χ2n) is 7.94. The number of phenols is 3. The van der Waals surface area contributed by atoms with Crippen LogP contribution in [0.15, 0.2) is 33.5 Å². The Morgan fingerprint density at radius 3 is 2.22 bits per heavy atom. The van der Waals surface area contributed by atoms with Gasteiger partial charge in [-0.3, -0.25) is 4.79 Å². The van der Waals surface area contributed by atoms with Gasteiger partial charge in [0, 0.05) is 11.6 Å². The van der Waals surface area contributed by atoms with Crippen molar-refractivity contribution < 1.29 is 59.1 Å². The van der Waals surface area contributed by atoms with Crippen molar-refractivity contribution in [2.24, 2.45) is 0 Å². The van der Waals surface area contributed by atoms with Crippen LogP contribution in [0, 0.1) is 0 Å². The van der Waals surface area contributed by atoms with Gasteiger partial charge in [0.05, 0.1) is 20.8 Å². The van der Waals surface area contributed by atoms with E-state index < -0.39 is 65.4 Å². The molecule has 1 aromatic heterocycles. The molecule has 3 aromatic rings. The van der Waals surface area contributed by atoms with Crippen molar-refractivity contribution in [2.45, 2.75) is 30.7 Å². The van der Waals surface area contributed by atoms with Gasteiger partial charge in [-0.25, -0.2) is 0 Å². The molecule has 1 aliphatic heterocycles. The molecule has 13 heteroatoms. The first-order chi connectivity index (χ1) is 17.1. The lowest BCUT2D eigenvalue weighted by Gasteiger charge is -2.39. The van der Waals surface area contributed by atoms with Gasteiger partial charge in [0.15, 0.2) is 28.6 Å². The number of hydrogen-bond donors (Lipinski definition) is 7. The van der Waals surface area contributed by atoms with Crippen molar-refractivity contribution in [1.82, 2.24) is 0 Å². The molecule has 0 spiro atoms. The highest BCUT2D eigenvalue weighted by Crippen LogP contribution is 2.44. The number of phenolic OH excluding ortho intramolecular Hbond substituents is 3. The van der Waals surface area contributed by atoms with E-state index in [2.05, 4.69) is 0 Å². The van der Waals surface area contributed by atoms with E-state index in [1.54, 1.807) is 0 Å². The molecule has 0 amide bonds. The Balaban J connectivity index is 1.97. The third kappa shape index (κ3) is 4.12. The van der Waals surface area contributed by atoms with E-state index in [1.165, 1.54) is 32.4 Å². The Morgan fingerprint density at radius 1 is 0.889 bits per heavy atom. The number of rotatable bonds is 6. The zero-order valence-corrected chi connectivity index (χ0v) is 19.0. The summed E-state index contributed by atoms with van der Waals surface area (Å²) >= 11 is 0. The average molecular weight is 508 g/mol. The minimum absolute atomic E-state index is 0.0665. The van der Waals surface area contributed by atoms with Gasteiger partial charge in [-0.15, -0.1) is 0 Å². The van der Waals surface area contributed by atoms with Crippen LogP contribution in [0.5, 0.6) is 34.5 Å². The molecule has 13 nitrogen and oxygen atoms in total. The molecule has 5 atom stereocenters. The zero-order chi connectivity index (χ0) is 26.3. The first-order valence-electron chi connectivity index (χ1n) is 10.6. The number of hydrogen-bond acceptors (Lipinski definition) is 13. The number of aliphatic hydroxyl groups excluding tert-OH is 4. The molecule has 1 saturated heterocycles. The number of aromatic hydroxyl groups is 3. The quantitative estimate of drug-likeness (QED) is 0.230. The molecule has 1 aliphatic rings. The van der Waals surface area contributed by atoms with Crippen molar-refractivity contribution in [2.75, 3.05) is 20.8 Å². The van der Waals surface area contributed by atoms with Gasteiger partial charge >= 0.3 is 0 Å². The normalized spacial score (nSPS) is 24.0. The Labute approximate surface area is 202 Å². The summed E-state index contributed by atoms with van der Waals surface area (Å²) in [5.74, 6) is -2.69. The van der Waals surface area contributed by atoms with Gasteiger partial charge in [-0.2, -0.15) is 0 Å². The van der Waals surface area contributed by atoms with Crippen LogP contribution in [0.1, 0.15) is 0 Å². The van der Waals surface area contributed by atoms with Crippen molar-refractivity contribution in [1.29, 1.82) is 0 Å². The SMILES string of the molecule is COc1ccc(-c2oc3c(OC)c(O)cc(O)c3c(=O)c2O[C@@H]2O[C@H](CO)[C@@H](O)[C@H](O)[C@H]2O)cc1O. The summed E-state index contributed by atoms with van der Waals surface area (Å²) in [7, 11) is 2.53. The van der Waals surface area contributed by atoms with E-state index >= 15 is 0 Å². The minimum Gasteiger partial charge on any atom is -0.507 e. The van der Waals surface area contributed by atoms with E-state index in [0.29, 0.717) is 0 Å². The summed E-state index contributed by atoms with van der Waals surface area (Å²) in [4.78, 5) is 13.5. The highest BCUT2D eigenvalue weighted by atomic mass is 16.7. The largest absolute Gasteiger partial charge is 0.507 e. The molecule has 36 heavy (non-hydrogen) atoms. The van der Waals surface area contributed by atoms with Gasteiger partial charge in [-0.05, 0) is 18.2 Å². The smallest absolute Gasteiger partial charge is 0.239 e. The second kappa shape index (κ2) is 9.72. The second-order valence-corrected chi connectivity index (χ2v) is 7.94. The maximum Gasteiger partial charge on any atom is 0.239 e. The number of methoxy groups -OCH3 is 2. The molecule has 194 valence electrons. The number of aliphatic hydroxyl groups is 4. The molecular weight excluding hydrogens is 484 g/mol. The van der Waals surface area contributed by atoms with E-state index in [9.17, 15) is 40.5 Å². The number of ether oxygens (including phenoxy) is 4. The molecule has 0 unspecified atom stereocenters. The molecule has 0 bridgehead atoms. The zero-order valence-electron chi connectivity index (χ0n) is 19.0. The Morgan fingerprint density at radius 2 is 1.61 bits per heavy atom. The highest BCUT2D eigenvalue weighted by Gasteiger charge is 2.45. The molecule has 2 aromatic carbocycles. The van der Waals surface area contributed by atoms with E-state index in [-0.39, 0.29) is 34.2 Å². The van der Waals surface area contributed by atoms with Crippen LogP contribution >= 0.6 is 0 Å². The van der Waals surface area contributed by atoms with Gasteiger partial charge in [0.2, 0.25) is 23.2 Å². The van der Waals surface area contributed by atoms with Crippen molar-refractivity contribution in [3.05, 3.63) is 34.5 Å². The van der Waals surface area contributed by atoms with Gasteiger partial charge < -0.3 is 59.1 Å². The molecule has 0 aliphatic carbocycles. The first kappa shape index (κ1) is 25.3. The van der Waals surface area contributed by atoms with Crippen LogP contribution in [0.4, 0.5) is 0 Å². The summed E-state index contributed by atoms with van der Waals surface area (Å²) in [6.07, 6.45) is -8.44. The topological polar surface area (TPSA) is 209 Å². The van der Waals surface area contributed by atoms with Crippen LogP contribution in [0.25, 0.3) is 22.3 Å². The molecule has 0 saturated carbocycles. The molecule has 2 heterocycles. The number of benzene rings is 2. The molecule has 7 N–H and O–H groups in total. The molecule has 4 rings (SSSR count). The number of fused-ring (bicyclic) bond motifs is 1. The average Bonchev–Trinajstić information content (AvgIpc) is 2.85. The third-order valence-corrected chi connectivity index (χ3v) is 5.77. The lowest BCUT2D eigenvalue weighted by atomic mass is 9.99. The predicted molar refractivity (Wildman–Crippen MR) is 120 cm³/mol. The lowest BCUT2D eigenvalue weighted by Crippen LogP contribution is -2.60. The summed E-state index contributed by atoms with van der Waals surface area (Å²) in [6, 6.07) is 4.80. The Kier molecular flexibility index (Phi) is 6.84. The lowest BCUT2D eigenvalue weighted by molar-refractivity contribution is -0.277. The standard InChI is InChI=1S/C23H24O13/c1-32-12-4-3-8(5-9(12)25)19-22(36-23-18(31)17(30)15(28)13(7-24)34-23)16(29)14-10(26)6-11(27)20(33-2)21(14)35-19/h3-6,13,15,17-18,23-28,30-31H,7H2,1-2H3/t13-,15-,17+,18-,23+/m1/s1. The highest BCUT2D eigenvalue weighted by molar-refractivity contribution is 5.93. The van der Waals surface area contributed by atoms with Crippen LogP contribution in [-0.4, -0.2) is 87.3 Å². The molecule has 0 radical (unpaired) electrons. The molecule has 1 fully saturated rings. The van der Waals surface area contributed by atoms with Crippen LogP contribution in [0.3, 0.4) is 0 Å². The molecular formula is C23H24O13. The third-order valence-electron chi connectivity index (χ3n) is 5.77. The maximum atomic E-state index is 13.5. The monoisotopic (exact) mass is 508 g/mol. The fraction of sp³-hybridized carbons (Fsp3) is 0.348. The fourth-order valence-corrected chi connectivity index (χ4v) is 3.90. The van der Waals surface area contributed by atoms with E-state index in [4.69, 9.17) is 23.4 Å². The minimum atomic E-state index is -1.86. The summed E-state index contributed by atoms with van der Waals surface area (Å²) < 4.78 is 26.9. The Bertz CT molecular complexity index is 1330. The summed E-state index contributed by atoms with van der Waals surface area (Å²) in [5, 5.41) is 70.4. The van der Waals surface area contributed by atoms with E-state index in [1.807, 2.05) is 0 Å². The van der Waals surface area contributed by atoms with Crippen LogP contribution < -0.4 is 19.6 Å². The summed E-state index contributed by atoms with van der Waals surface area (Å²) in [6.45, 7) is -0.742. The fourth-order valence-electron chi connectivity index (χ4n) is 3.90. The van der Waals surface area contributed by atoms with Crippen LogP contribution in [-0.2, 0) is 4.74 Å². The van der Waals surface area contributed by atoms with Crippen molar-refractivity contribution >= 4 is 11.0 Å². The van der Waals surface area contributed by atoms with Crippen molar-refractivity contribution in [3.63, 3.8) is 0 Å². The van der Waals surface area contributed by atoms with Gasteiger partial charge in [0.1, 0.15) is 35.6 Å². The van der Waals surface area contributed by atoms with Crippen molar-refractivity contribution in [3.8, 4) is 45.8 Å². The van der Waals surface area contributed by atoms with E-state index in [0.717, 1.165) is 6.07 Å². The Hall–Kier alpha value is -3.75. The first-order valence-corrected chi connectivity index (χ1v) is 10.6. The van der Waals surface area contributed by atoms with Gasteiger partial charge in [0.25, 0.3) is 0 Å². The van der Waals surface area contributed by atoms with Gasteiger partial charge in [-0.1, -0.05) is 0 Å². The summed E-state index contributed by atoms with van der Waals surface area (Å²) in [5.41, 5.74) is -1.28. The predicted octanol–water partition coefficient (Wildman–Crippen LogP) is -0.227. The van der Waals surface area contributed by atoms with Crippen LogP contribution in [0.2, 0.25) is 0 Å².